The Labute approximate surface area is 119 Å². The predicted octanol–water partition coefficient (Wildman–Crippen LogP) is 1.14. The second-order valence-corrected chi connectivity index (χ2v) is 5.13. The summed E-state index contributed by atoms with van der Waals surface area (Å²) < 4.78 is 0. The zero-order valence-electron chi connectivity index (χ0n) is 11.9. The van der Waals surface area contributed by atoms with E-state index in [1.165, 1.54) is 6.20 Å². The highest BCUT2D eigenvalue weighted by Crippen LogP contribution is 2.18. The fourth-order valence-corrected chi connectivity index (χ4v) is 2.29. The van der Waals surface area contributed by atoms with Crippen molar-refractivity contribution in [3.8, 4) is 0 Å². The molecular weight excluding hydrogens is 256 g/mol. The van der Waals surface area contributed by atoms with Gasteiger partial charge in [-0.1, -0.05) is 6.92 Å². The van der Waals surface area contributed by atoms with E-state index in [2.05, 4.69) is 22.2 Å². The standard InChI is InChI=1S/C14H22N4O2/c1-2-5-16-13-9-15-8-12(17-13)14(20)18-6-3-11(10-19)4-7-18/h8-9,11,19H,2-7,10H2,1H3,(H,16,17). The lowest BCUT2D eigenvalue weighted by atomic mass is 9.98. The average Bonchev–Trinajstić information content (AvgIpc) is 2.52. The van der Waals surface area contributed by atoms with Crippen LogP contribution in [0.4, 0.5) is 5.82 Å². The second-order valence-electron chi connectivity index (χ2n) is 5.13. The third-order valence-corrected chi connectivity index (χ3v) is 3.57. The Balaban J connectivity index is 1.98. The Bertz CT molecular complexity index is 445. The SMILES string of the molecule is CCCNc1cncc(C(=O)N2CCC(CO)CC2)n1. The van der Waals surface area contributed by atoms with Crippen LogP contribution in [-0.2, 0) is 0 Å². The lowest BCUT2D eigenvalue weighted by molar-refractivity contribution is 0.0645. The molecule has 20 heavy (non-hydrogen) atoms. The number of hydrogen-bond donors (Lipinski definition) is 2. The molecule has 1 amide bonds. The minimum Gasteiger partial charge on any atom is -0.396 e. The van der Waals surface area contributed by atoms with Crippen molar-refractivity contribution in [2.45, 2.75) is 26.2 Å². The van der Waals surface area contributed by atoms with E-state index in [1.807, 2.05) is 0 Å². The number of anilines is 1. The number of carbonyl (C=O) groups is 1. The number of nitrogens with one attached hydrogen (secondary N) is 1. The molecule has 1 aliphatic heterocycles. The highest BCUT2D eigenvalue weighted by molar-refractivity contribution is 5.92. The van der Waals surface area contributed by atoms with Crippen molar-refractivity contribution < 1.29 is 9.90 Å². The van der Waals surface area contributed by atoms with E-state index in [0.29, 0.717) is 30.5 Å². The van der Waals surface area contributed by atoms with Gasteiger partial charge in [0.25, 0.3) is 5.91 Å². The van der Waals surface area contributed by atoms with Crippen molar-refractivity contribution in [3.63, 3.8) is 0 Å². The van der Waals surface area contributed by atoms with Gasteiger partial charge in [-0.3, -0.25) is 9.78 Å². The molecule has 0 bridgehead atoms. The van der Waals surface area contributed by atoms with Gasteiger partial charge in [0.1, 0.15) is 11.5 Å². The average molecular weight is 278 g/mol. The molecule has 6 nitrogen and oxygen atoms in total. The van der Waals surface area contributed by atoms with Crippen molar-refractivity contribution in [2.75, 3.05) is 31.6 Å². The van der Waals surface area contributed by atoms with E-state index in [4.69, 9.17) is 5.11 Å². The van der Waals surface area contributed by atoms with Crippen LogP contribution in [0, 0.1) is 5.92 Å². The summed E-state index contributed by atoms with van der Waals surface area (Å²) in [5.74, 6) is 0.889. The molecule has 0 radical (unpaired) electrons. The van der Waals surface area contributed by atoms with E-state index in [1.54, 1.807) is 11.1 Å². The Morgan fingerprint density at radius 1 is 1.45 bits per heavy atom. The van der Waals surface area contributed by atoms with Crippen molar-refractivity contribution in [1.29, 1.82) is 0 Å². The molecule has 2 N–H and O–H groups in total. The molecule has 6 heteroatoms. The fourth-order valence-electron chi connectivity index (χ4n) is 2.29. The van der Waals surface area contributed by atoms with Crippen molar-refractivity contribution in [1.82, 2.24) is 14.9 Å². The van der Waals surface area contributed by atoms with Crippen LogP contribution in [0.1, 0.15) is 36.7 Å². The predicted molar refractivity (Wildman–Crippen MR) is 76.5 cm³/mol. The number of nitrogens with zero attached hydrogens (tertiary/aromatic N) is 3. The van der Waals surface area contributed by atoms with Crippen LogP contribution in [0.3, 0.4) is 0 Å². The van der Waals surface area contributed by atoms with Gasteiger partial charge in [0.2, 0.25) is 0 Å². The van der Waals surface area contributed by atoms with E-state index in [-0.39, 0.29) is 12.5 Å². The first kappa shape index (κ1) is 14.7. The molecule has 1 aliphatic rings. The summed E-state index contributed by atoms with van der Waals surface area (Å²) in [5, 5.41) is 12.2. The minimum atomic E-state index is -0.0750. The van der Waals surface area contributed by atoms with Gasteiger partial charge in [-0.25, -0.2) is 4.98 Å². The van der Waals surface area contributed by atoms with Gasteiger partial charge in [-0.2, -0.15) is 0 Å². The number of aliphatic hydroxyl groups excluding tert-OH is 1. The molecule has 2 rings (SSSR count). The highest BCUT2D eigenvalue weighted by Gasteiger charge is 2.24. The number of amides is 1. The second kappa shape index (κ2) is 7.19. The van der Waals surface area contributed by atoms with Crippen LogP contribution in [0.5, 0.6) is 0 Å². The summed E-state index contributed by atoms with van der Waals surface area (Å²) in [4.78, 5) is 22.5. The van der Waals surface area contributed by atoms with E-state index in [0.717, 1.165) is 25.8 Å². The quantitative estimate of drug-likeness (QED) is 0.844. The zero-order valence-corrected chi connectivity index (χ0v) is 11.9. The molecule has 1 aromatic rings. The third kappa shape index (κ3) is 3.66. The monoisotopic (exact) mass is 278 g/mol. The van der Waals surface area contributed by atoms with Crippen LogP contribution < -0.4 is 5.32 Å². The van der Waals surface area contributed by atoms with Gasteiger partial charge in [0.15, 0.2) is 0 Å². The first-order valence-electron chi connectivity index (χ1n) is 7.20. The summed E-state index contributed by atoms with van der Waals surface area (Å²) in [6.45, 7) is 4.45. The molecule has 0 unspecified atom stereocenters. The number of piperidine rings is 1. The van der Waals surface area contributed by atoms with Crippen molar-refractivity contribution >= 4 is 11.7 Å². The smallest absolute Gasteiger partial charge is 0.274 e. The Morgan fingerprint density at radius 2 is 2.20 bits per heavy atom. The molecular formula is C14H22N4O2. The minimum absolute atomic E-state index is 0.0750. The molecule has 0 aromatic carbocycles. The Morgan fingerprint density at radius 3 is 2.85 bits per heavy atom. The molecule has 1 aromatic heterocycles. The summed E-state index contributed by atoms with van der Waals surface area (Å²) in [7, 11) is 0. The molecule has 1 fully saturated rings. The summed E-state index contributed by atoms with van der Waals surface area (Å²) in [5.41, 5.74) is 0.383. The van der Waals surface area contributed by atoms with E-state index < -0.39 is 0 Å². The van der Waals surface area contributed by atoms with Gasteiger partial charge in [-0.15, -0.1) is 0 Å². The van der Waals surface area contributed by atoms with Crippen LogP contribution in [-0.4, -0.2) is 52.1 Å². The normalized spacial score (nSPS) is 16.2. The fraction of sp³-hybridized carbons (Fsp3) is 0.643. The van der Waals surface area contributed by atoms with Crippen molar-refractivity contribution in [3.05, 3.63) is 18.1 Å². The molecule has 0 aliphatic carbocycles. The maximum Gasteiger partial charge on any atom is 0.274 e. The summed E-state index contributed by atoms with van der Waals surface area (Å²) >= 11 is 0. The number of hydrogen-bond acceptors (Lipinski definition) is 5. The molecule has 0 spiro atoms. The maximum atomic E-state index is 12.4. The number of aromatic nitrogens is 2. The highest BCUT2D eigenvalue weighted by atomic mass is 16.3. The van der Waals surface area contributed by atoms with Gasteiger partial charge in [0, 0.05) is 26.2 Å². The lowest BCUT2D eigenvalue weighted by Crippen LogP contribution is -2.39. The van der Waals surface area contributed by atoms with E-state index in [9.17, 15) is 4.79 Å². The Kier molecular flexibility index (Phi) is 5.29. The number of likely N-dealkylation sites (tertiary alicyclic amines) is 1. The number of rotatable bonds is 5. The lowest BCUT2D eigenvalue weighted by Gasteiger charge is -2.30. The van der Waals surface area contributed by atoms with Gasteiger partial charge >= 0.3 is 0 Å². The van der Waals surface area contributed by atoms with Crippen LogP contribution in [0.25, 0.3) is 0 Å². The molecule has 2 heterocycles. The summed E-state index contributed by atoms with van der Waals surface area (Å²) in [6, 6.07) is 0. The van der Waals surface area contributed by atoms with Gasteiger partial charge in [-0.05, 0) is 25.2 Å². The van der Waals surface area contributed by atoms with Crippen LogP contribution in [0.2, 0.25) is 0 Å². The molecule has 110 valence electrons. The largest absolute Gasteiger partial charge is 0.396 e. The first-order valence-corrected chi connectivity index (χ1v) is 7.20. The van der Waals surface area contributed by atoms with E-state index >= 15 is 0 Å². The third-order valence-electron chi connectivity index (χ3n) is 3.57. The maximum absolute atomic E-state index is 12.4. The molecule has 0 atom stereocenters. The van der Waals surface area contributed by atoms with Gasteiger partial charge in [0.05, 0.1) is 12.4 Å². The topological polar surface area (TPSA) is 78.4 Å². The number of aliphatic hydroxyl groups is 1. The van der Waals surface area contributed by atoms with Crippen LogP contribution in [0.15, 0.2) is 12.4 Å². The first-order chi connectivity index (χ1) is 9.74. The summed E-state index contributed by atoms with van der Waals surface area (Å²) in [6.07, 6.45) is 5.84. The van der Waals surface area contributed by atoms with Crippen molar-refractivity contribution in [2.24, 2.45) is 5.92 Å². The number of carbonyl (C=O) groups excluding carboxylic acids is 1. The Hall–Kier alpha value is -1.69. The molecule has 0 saturated carbocycles. The zero-order chi connectivity index (χ0) is 14.4. The molecule has 1 saturated heterocycles. The van der Waals surface area contributed by atoms with Crippen LogP contribution >= 0.6 is 0 Å². The van der Waals surface area contributed by atoms with Gasteiger partial charge < -0.3 is 15.3 Å².